The monoisotopic (exact) mass is 376 g/mol. The molecule has 0 radical (unpaired) electrons. The molecule has 0 spiro atoms. The van der Waals surface area contributed by atoms with Crippen molar-refractivity contribution in [2.45, 2.75) is 31.8 Å². The molecule has 1 fully saturated rings. The molecule has 5 heteroatoms. The molecule has 0 aliphatic carbocycles. The van der Waals surface area contributed by atoms with Crippen molar-refractivity contribution in [3.63, 3.8) is 0 Å². The smallest absolute Gasteiger partial charge is 0.174 e. The Labute approximate surface area is 165 Å². The molecular weight excluding hydrogens is 352 g/mol. The molecule has 4 rings (SSSR count). The van der Waals surface area contributed by atoms with E-state index in [1.807, 2.05) is 18.3 Å². The molecule has 2 atom stereocenters. The molecule has 1 N–H and O–H groups in total. The van der Waals surface area contributed by atoms with Gasteiger partial charge in [0.1, 0.15) is 6.04 Å². The number of nitrogens with zero attached hydrogens (tertiary/aromatic N) is 3. The summed E-state index contributed by atoms with van der Waals surface area (Å²) in [7, 11) is 2.08. The Balaban J connectivity index is 1.79. The SMILES string of the molecule is CC(C)c1ccc(N2C(=S)N[C@H](c3ccccn3)[C@@H]2c2cccn2C)cc1. The maximum absolute atomic E-state index is 5.76. The van der Waals surface area contributed by atoms with Crippen molar-refractivity contribution in [1.29, 1.82) is 0 Å². The van der Waals surface area contributed by atoms with Crippen LogP contribution in [-0.4, -0.2) is 14.7 Å². The van der Waals surface area contributed by atoms with E-state index in [4.69, 9.17) is 12.2 Å². The maximum Gasteiger partial charge on any atom is 0.174 e. The summed E-state index contributed by atoms with van der Waals surface area (Å²) in [5, 5.41) is 4.23. The zero-order valence-corrected chi connectivity index (χ0v) is 16.6. The van der Waals surface area contributed by atoms with Gasteiger partial charge in [0.15, 0.2) is 5.11 Å². The molecule has 138 valence electrons. The first kappa shape index (κ1) is 17.7. The first-order chi connectivity index (χ1) is 13.1. The third kappa shape index (κ3) is 3.23. The molecule has 0 saturated carbocycles. The Morgan fingerprint density at radius 3 is 2.41 bits per heavy atom. The molecule has 3 aromatic rings. The Morgan fingerprint density at radius 2 is 1.81 bits per heavy atom. The van der Waals surface area contributed by atoms with E-state index in [1.165, 1.54) is 11.3 Å². The molecule has 27 heavy (non-hydrogen) atoms. The Bertz CT molecular complexity index is 930. The molecule has 0 unspecified atom stereocenters. The van der Waals surface area contributed by atoms with Gasteiger partial charge in [-0.05, 0) is 60.1 Å². The summed E-state index contributed by atoms with van der Waals surface area (Å²) in [6.07, 6.45) is 3.91. The molecule has 1 aromatic carbocycles. The minimum atomic E-state index is -0.00271. The fraction of sp³-hybridized carbons (Fsp3) is 0.273. The highest BCUT2D eigenvalue weighted by molar-refractivity contribution is 7.80. The molecule has 1 aliphatic rings. The molecule has 0 amide bonds. The summed E-state index contributed by atoms with van der Waals surface area (Å²) in [5.41, 5.74) is 4.62. The number of nitrogens with one attached hydrogen (secondary N) is 1. The lowest BCUT2D eigenvalue weighted by Crippen LogP contribution is -2.30. The topological polar surface area (TPSA) is 33.1 Å². The van der Waals surface area contributed by atoms with Crippen molar-refractivity contribution < 1.29 is 0 Å². The first-order valence-corrected chi connectivity index (χ1v) is 9.69. The van der Waals surface area contributed by atoms with Gasteiger partial charge in [0.25, 0.3) is 0 Å². The third-order valence-electron chi connectivity index (χ3n) is 5.22. The fourth-order valence-corrected chi connectivity index (χ4v) is 4.08. The molecular formula is C22H24N4S. The van der Waals surface area contributed by atoms with Crippen LogP contribution in [0.3, 0.4) is 0 Å². The van der Waals surface area contributed by atoms with Crippen LogP contribution < -0.4 is 10.2 Å². The van der Waals surface area contributed by atoms with E-state index >= 15 is 0 Å². The third-order valence-corrected chi connectivity index (χ3v) is 5.54. The molecule has 1 saturated heterocycles. The largest absolute Gasteiger partial charge is 0.353 e. The quantitative estimate of drug-likeness (QED) is 0.668. The van der Waals surface area contributed by atoms with Crippen LogP contribution in [0.5, 0.6) is 0 Å². The molecule has 4 nitrogen and oxygen atoms in total. The van der Waals surface area contributed by atoms with Crippen molar-refractivity contribution in [1.82, 2.24) is 14.9 Å². The van der Waals surface area contributed by atoms with Gasteiger partial charge >= 0.3 is 0 Å². The molecule has 1 aliphatic heterocycles. The van der Waals surface area contributed by atoms with E-state index in [0.717, 1.165) is 16.5 Å². The van der Waals surface area contributed by atoms with Gasteiger partial charge in [-0.15, -0.1) is 0 Å². The van der Waals surface area contributed by atoms with E-state index in [2.05, 4.69) is 89.3 Å². The van der Waals surface area contributed by atoms with Crippen molar-refractivity contribution in [3.8, 4) is 0 Å². The second-order valence-corrected chi connectivity index (χ2v) is 7.67. The van der Waals surface area contributed by atoms with Gasteiger partial charge in [-0.25, -0.2) is 0 Å². The standard InChI is InChI=1S/C22H24N4S/c1-15(2)16-9-11-17(12-10-16)26-21(19-8-6-14-25(19)3)20(24-22(26)27)18-7-4-5-13-23-18/h4-15,20-21H,1-3H3,(H,24,27)/t20-,21+/m1/s1. The van der Waals surface area contributed by atoms with Crippen LogP contribution in [0.2, 0.25) is 0 Å². The number of pyridine rings is 1. The summed E-state index contributed by atoms with van der Waals surface area (Å²) in [6.45, 7) is 4.42. The predicted octanol–water partition coefficient (Wildman–Crippen LogP) is 4.72. The normalized spacial score (nSPS) is 19.6. The van der Waals surface area contributed by atoms with Crippen molar-refractivity contribution in [2.75, 3.05) is 4.90 Å². The van der Waals surface area contributed by atoms with Crippen LogP contribution >= 0.6 is 12.2 Å². The summed E-state index contributed by atoms with van der Waals surface area (Å²) in [4.78, 5) is 6.81. The Morgan fingerprint density at radius 1 is 1.04 bits per heavy atom. The number of rotatable bonds is 4. The van der Waals surface area contributed by atoms with E-state index in [-0.39, 0.29) is 12.1 Å². The van der Waals surface area contributed by atoms with Crippen molar-refractivity contribution in [2.24, 2.45) is 7.05 Å². The average Bonchev–Trinajstić information content (AvgIpc) is 3.25. The van der Waals surface area contributed by atoms with E-state index in [1.54, 1.807) is 0 Å². The lowest BCUT2D eigenvalue weighted by atomic mass is 10.00. The van der Waals surface area contributed by atoms with Gasteiger partial charge in [0.2, 0.25) is 0 Å². The number of benzene rings is 1. The van der Waals surface area contributed by atoms with E-state index in [9.17, 15) is 0 Å². The van der Waals surface area contributed by atoms with Gasteiger partial charge in [-0.1, -0.05) is 32.0 Å². The zero-order valence-electron chi connectivity index (χ0n) is 15.8. The molecule has 3 heterocycles. The number of aryl methyl sites for hydroxylation is 1. The first-order valence-electron chi connectivity index (χ1n) is 9.28. The van der Waals surface area contributed by atoms with Crippen molar-refractivity contribution >= 4 is 23.0 Å². The van der Waals surface area contributed by atoms with Crippen LogP contribution in [0.15, 0.2) is 67.0 Å². The number of hydrogen-bond acceptors (Lipinski definition) is 2. The zero-order chi connectivity index (χ0) is 19.0. The fourth-order valence-electron chi connectivity index (χ4n) is 3.73. The summed E-state index contributed by atoms with van der Waals surface area (Å²) < 4.78 is 2.16. The lowest BCUT2D eigenvalue weighted by Gasteiger charge is -2.28. The molecule has 2 aromatic heterocycles. The van der Waals surface area contributed by atoms with Crippen molar-refractivity contribution in [3.05, 3.63) is 83.9 Å². The van der Waals surface area contributed by atoms with Crippen LogP contribution in [0.1, 0.15) is 48.8 Å². The van der Waals surface area contributed by atoms with E-state index < -0.39 is 0 Å². The Kier molecular flexibility index (Phi) is 4.70. The van der Waals surface area contributed by atoms with Gasteiger partial charge in [-0.2, -0.15) is 0 Å². The highest BCUT2D eigenvalue weighted by Crippen LogP contribution is 2.41. The van der Waals surface area contributed by atoms with Crippen LogP contribution in [0.25, 0.3) is 0 Å². The second-order valence-electron chi connectivity index (χ2n) is 7.29. The highest BCUT2D eigenvalue weighted by Gasteiger charge is 2.41. The second kappa shape index (κ2) is 7.16. The summed E-state index contributed by atoms with van der Waals surface area (Å²) in [6, 6.07) is 19.0. The maximum atomic E-state index is 5.76. The highest BCUT2D eigenvalue weighted by atomic mass is 32.1. The number of hydrogen-bond donors (Lipinski definition) is 1. The van der Waals surface area contributed by atoms with Crippen LogP contribution in [0, 0.1) is 0 Å². The average molecular weight is 377 g/mol. The lowest BCUT2D eigenvalue weighted by molar-refractivity contribution is 0.541. The minimum absolute atomic E-state index is 0.00271. The van der Waals surface area contributed by atoms with Crippen LogP contribution in [-0.2, 0) is 7.05 Å². The number of anilines is 1. The number of thiocarbonyl (C=S) groups is 1. The number of aromatic nitrogens is 2. The summed E-state index contributed by atoms with van der Waals surface area (Å²) >= 11 is 5.76. The summed E-state index contributed by atoms with van der Waals surface area (Å²) in [5.74, 6) is 0.507. The minimum Gasteiger partial charge on any atom is -0.353 e. The van der Waals surface area contributed by atoms with Gasteiger partial charge < -0.3 is 14.8 Å². The Hall–Kier alpha value is -2.66. The van der Waals surface area contributed by atoms with Gasteiger partial charge in [-0.3, -0.25) is 4.98 Å². The van der Waals surface area contributed by atoms with Gasteiger partial charge in [0, 0.05) is 30.8 Å². The van der Waals surface area contributed by atoms with Gasteiger partial charge in [0.05, 0.1) is 11.7 Å². The van der Waals surface area contributed by atoms with Crippen LogP contribution in [0.4, 0.5) is 5.69 Å². The van der Waals surface area contributed by atoms with E-state index in [0.29, 0.717) is 5.92 Å². The predicted molar refractivity (Wildman–Crippen MR) is 114 cm³/mol. The molecule has 0 bridgehead atoms.